The van der Waals surface area contributed by atoms with E-state index in [-0.39, 0.29) is 10.8 Å². The fourth-order valence-electron chi connectivity index (χ4n) is 2.20. The number of hydrogen-bond donors (Lipinski definition) is 1. The highest BCUT2D eigenvalue weighted by Gasteiger charge is 2.31. The average molecular weight is 350 g/mol. The molecule has 0 saturated heterocycles. The lowest BCUT2D eigenvalue weighted by Crippen LogP contribution is -2.06. The first kappa shape index (κ1) is 16.3. The monoisotopic (exact) mass is 349 g/mol. The van der Waals surface area contributed by atoms with Crippen LogP contribution in [-0.2, 0) is 6.18 Å². The molecule has 0 aliphatic carbocycles. The molecule has 0 radical (unpaired) electrons. The molecule has 1 heterocycles. The molecular formula is C17H11ClF3N3. The number of nitrogens with zero attached hydrogens (tertiary/aromatic N) is 2. The summed E-state index contributed by atoms with van der Waals surface area (Å²) in [6.07, 6.45) is -2.21. The average Bonchev–Trinajstić information content (AvgIpc) is 2.55. The van der Waals surface area contributed by atoms with Gasteiger partial charge >= 0.3 is 6.18 Å². The lowest BCUT2D eigenvalue weighted by atomic mass is 10.1. The van der Waals surface area contributed by atoms with Gasteiger partial charge in [-0.15, -0.1) is 0 Å². The molecule has 7 heteroatoms. The molecule has 0 spiro atoms. The van der Waals surface area contributed by atoms with Gasteiger partial charge in [-0.05, 0) is 16.8 Å². The van der Waals surface area contributed by atoms with Gasteiger partial charge in [-0.3, -0.25) is 5.43 Å². The van der Waals surface area contributed by atoms with Gasteiger partial charge < -0.3 is 0 Å². The Bertz CT molecular complexity index is 902. The van der Waals surface area contributed by atoms with Gasteiger partial charge in [0.05, 0.1) is 16.8 Å². The number of fused-ring (bicyclic) bond motifs is 1. The number of alkyl halides is 3. The summed E-state index contributed by atoms with van der Waals surface area (Å²) in [7, 11) is 0. The van der Waals surface area contributed by atoms with Gasteiger partial charge in [0, 0.05) is 11.8 Å². The van der Waals surface area contributed by atoms with Crippen molar-refractivity contribution in [1.82, 2.24) is 4.98 Å². The number of aromatic nitrogens is 1. The number of benzene rings is 2. The molecular weight excluding hydrogens is 339 g/mol. The topological polar surface area (TPSA) is 37.3 Å². The maximum atomic E-state index is 12.6. The van der Waals surface area contributed by atoms with Crippen molar-refractivity contribution in [2.45, 2.75) is 6.18 Å². The minimum Gasteiger partial charge on any atom is -0.260 e. The van der Waals surface area contributed by atoms with E-state index in [9.17, 15) is 13.2 Å². The first-order valence-corrected chi connectivity index (χ1v) is 7.32. The maximum Gasteiger partial charge on any atom is 0.417 e. The van der Waals surface area contributed by atoms with Gasteiger partial charge in [0.15, 0.2) is 5.82 Å². The Balaban J connectivity index is 1.81. The van der Waals surface area contributed by atoms with E-state index >= 15 is 0 Å². The van der Waals surface area contributed by atoms with E-state index in [4.69, 9.17) is 11.6 Å². The largest absolute Gasteiger partial charge is 0.417 e. The molecule has 24 heavy (non-hydrogen) atoms. The first-order valence-electron chi connectivity index (χ1n) is 6.95. The second-order valence-electron chi connectivity index (χ2n) is 4.99. The molecule has 3 nitrogen and oxygen atoms in total. The minimum atomic E-state index is -4.48. The van der Waals surface area contributed by atoms with Crippen LogP contribution in [0.3, 0.4) is 0 Å². The molecule has 0 bridgehead atoms. The summed E-state index contributed by atoms with van der Waals surface area (Å²) in [6.45, 7) is 0. The van der Waals surface area contributed by atoms with Gasteiger partial charge in [0.2, 0.25) is 0 Å². The van der Waals surface area contributed by atoms with Crippen molar-refractivity contribution in [3.8, 4) is 0 Å². The lowest BCUT2D eigenvalue weighted by Gasteiger charge is -2.08. The second-order valence-corrected chi connectivity index (χ2v) is 5.40. The predicted octanol–water partition coefficient (Wildman–Crippen LogP) is 5.35. The molecule has 0 fully saturated rings. The van der Waals surface area contributed by atoms with Crippen molar-refractivity contribution in [3.05, 3.63) is 70.9 Å². The first-order chi connectivity index (χ1) is 11.4. The van der Waals surface area contributed by atoms with Crippen LogP contribution in [0.2, 0.25) is 5.02 Å². The maximum absolute atomic E-state index is 12.6. The van der Waals surface area contributed by atoms with E-state index in [0.717, 1.165) is 22.4 Å². The Morgan fingerprint density at radius 2 is 1.83 bits per heavy atom. The van der Waals surface area contributed by atoms with E-state index in [1.165, 1.54) is 0 Å². The number of halogens is 4. The third-order valence-corrected chi connectivity index (χ3v) is 3.65. The van der Waals surface area contributed by atoms with Crippen LogP contribution in [0.1, 0.15) is 11.1 Å². The van der Waals surface area contributed by atoms with Gasteiger partial charge in [-0.1, -0.05) is 54.1 Å². The van der Waals surface area contributed by atoms with Crippen molar-refractivity contribution in [3.63, 3.8) is 0 Å². The SMILES string of the molecule is FC(F)(F)c1cnc(N/N=C\c2cccc3ccccc23)c(Cl)c1. The van der Waals surface area contributed by atoms with Crippen molar-refractivity contribution in [2.24, 2.45) is 5.10 Å². The zero-order chi connectivity index (χ0) is 17.2. The van der Waals surface area contributed by atoms with Gasteiger partial charge in [-0.2, -0.15) is 18.3 Å². The molecule has 0 atom stereocenters. The molecule has 3 rings (SSSR count). The summed E-state index contributed by atoms with van der Waals surface area (Å²) >= 11 is 5.81. The molecule has 0 aliphatic rings. The van der Waals surface area contributed by atoms with Crippen molar-refractivity contribution in [2.75, 3.05) is 5.43 Å². The molecule has 122 valence electrons. The van der Waals surface area contributed by atoms with E-state index < -0.39 is 11.7 Å². The van der Waals surface area contributed by atoms with Crippen LogP contribution >= 0.6 is 11.6 Å². The van der Waals surface area contributed by atoms with Crippen LogP contribution in [0, 0.1) is 0 Å². The molecule has 1 N–H and O–H groups in total. The van der Waals surface area contributed by atoms with E-state index in [2.05, 4.69) is 15.5 Å². The highest BCUT2D eigenvalue weighted by molar-refractivity contribution is 6.33. The number of hydrazone groups is 1. The third kappa shape index (κ3) is 3.49. The van der Waals surface area contributed by atoms with E-state index in [1.807, 2.05) is 42.5 Å². The summed E-state index contributed by atoms with van der Waals surface area (Å²) in [5.74, 6) is 0.0566. The summed E-state index contributed by atoms with van der Waals surface area (Å²) in [6, 6.07) is 14.4. The molecule has 3 aromatic rings. The third-order valence-electron chi connectivity index (χ3n) is 3.37. The standard InChI is InChI=1S/C17H11ClF3N3/c18-15-8-13(17(19,20)21)10-22-16(15)24-23-9-12-6-3-5-11-4-1-2-7-14(11)12/h1-10H,(H,22,24)/b23-9-. The summed E-state index contributed by atoms with van der Waals surface area (Å²) in [5, 5.41) is 5.93. The van der Waals surface area contributed by atoms with Gasteiger partial charge in [-0.25, -0.2) is 4.98 Å². The van der Waals surface area contributed by atoms with Crippen LogP contribution in [-0.4, -0.2) is 11.2 Å². The normalized spacial score (nSPS) is 12.0. The number of rotatable bonds is 3. The second kappa shape index (κ2) is 6.49. The number of hydrogen-bond acceptors (Lipinski definition) is 3. The number of nitrogens with one attached hydrogen (secondary N) is 1. The summed E-state index contributed by atoms with van der Waals surface area (Å²) in [5.41, 5.74) is 2.52. The molecule has 0 saturated carbocycles. The smallest absolute Gasteiger partial charge is 0.260 e. The highest BCUT2D eigenvalue weighted by Crippen LogP contribution is 2.32. The van der Waals surface area contributed by atoms with Crippen molar-refractivity contribution in [1.29, 1.82) is 0 Å². The molecule has 2 aromatic carbocycles. The molecule has 0 aliphatic heterocycles. The Morgan fingerprint density at radius 3 is 2.58 bits per heavy atom. The molecule has 0 unspecified atom stereocenters. The Hall–Kier alpha value is -2.60. The van der Waals surface area contributed by atoms with Crippen molar-refractivity contribution < 1.29 is 13.2 Å². The fraction of sp³-hybridized carbons (Fsp3) is 0.0588. The Morgan fingerprint density at radius 1 is 1.08 bits per heavy atom. The Kier molecular flexibility index (Phi) is 4.40. The number of anilines is 1. The molecule has 1 aromatic heterocycles. The van der Waals surface area contributed by atoms with Crippen LogP contribution in [0.4, 0.5) is 19.0 Å². The zero-order valence-electron chi connectivity index (χ0n) is 12.2. The minimum absolute atomic E-state index is 0.0566. The van der Waals surface area contributed by atoms with Crippen LogP contribution in [0.5, 0.6) is 0 Å². The van der Waals surface area contributed by atoms with E-state index in [1.54, 1.807) is 6.21 Å². The van der Waals surface area contributed by atoms with Crippen LogP contribution < -0.4 is 5.43 Å². The number of pyridine rings is 1. The summed E-state index contributed by atoms with van der Waals surface area (Å²) < 4.78 is 37.7. The zero-order valence-corrected chi connectivity index (χ0v) is 12.9. The lowest BCUT2D eigenvalue weighted by molar-refractivity contribution is -0.137. The van der Waals surface area contributed by atoms with E-state index in [0.29, 0.717) is 6.20 Å². The molecule has 0 amide bonds. The van der Waals surface area contributed by atoms with Gasteiger partial charge in [0.1, 0.15) is 0 Å². The fourth-order valence-corrected chi connectivity index (χ4v) is 2.41. The predicted molar refractivity (Wildman–Crippen MR) is 89.4 cm³/mol. The van der Waals surface area contributed by atoms with Gasteiger partial charge in [0.25, 0.3) is 0 Å². The van der Waals surface area contributed by atoms with Crippen LogP contribution in [0.15, 0.2) is 59.8 Å². The highest BCUT2D eigenvalue weighted by atomic mass is 35.5. The quantitative estimate of drug-likeness (QED) is 0.511. The van der Waals surface area contributed by atoms with Crippen molar-refractivity contribution >= 4 is 34.4 Å². The Labute approximate surface area is 140 Å². The summed E-state index contributed by atoms with van der Waals surface area (Å²) in [4.78, 5) is 3.66. The van der Waals surface area contributed by atoms with Crippen LogP contribution in [0.25, 0.3) is 10.8 Å².